The Bertz CT molecular complexity index is 1650. The Labute approximate surface area is 331 Å². The van der Waals surface area contributed by atoms with Crippen molar-refractivity contribution in [1.82, 2.24) is 0 Å². The largest absolute Gasteiger partial charge is 0.143 e. The van der Waals surface area contributed by atoms with Gasteiger partial charge in [0.15, 0.2) is 0 Å². The van der Waals surface area contributed by atoms with Gasteiger partial charge in [0.2, 0.25) is 0 Å². The predicted molar refractivity (Wildman–Crippen MR) is 241 cm³/mol. The summed E-state index contributed by atoms with van der Waals surface area (Å²) in [6.45, 7) is 14.2. The molecule has 0 aliphatic heterocycles. The smallest absolute Gasteiger partial charge is 0.0442 e. The fourth-order valence-electron chi connectivity index (χ4n) is 8.89. The molecule has 0 saturated heterocycles. The van der Waals surface area contributed by atoms with Crippen molar-refractivity contribution >= 4 is 59.8 Å². The van der Waals surface area contributed by atoms with Crippen LogP contribution in [0.2, 0.25) is 0 Å². The number of thiophene rings is 3. The van der Waals surface area contributed by atoms with Gasteiger partial charge in [0.25, 0.3) is 0 Å². The molecule has 1 aliphatic carbocycles. The van der Waals surface area contributed by atoms with Gasteiger partial charge >= 0.3 is 0 Å². The normalized spacial score (nSPS) is 15.2. The highest BCUT2D eigenvalue weighted by molar-refractivity contribution is 7.21. The summed E-state index contributed by atoms with van der Waals surface area (Å²) < 4.78 is 3.05. The first kappa shape index (κ1) is 41.5. The summed E-state index contributed by atoms with van der Waals surface area (Å²) in [6.07, 6.45) is 33.1. The van der Waals surface area contributed by atoms with Crippen molar-refractivity contribution in [3.05, 3.63) is 62.2 Å². The second-order valence-electron chi connectivity index (χ2n) is 16.2. The number of fused-ring (bicyclic) bond motifs is 2. The molecule has 5 rings (SSSR count). The molecular formula is C49H72S3. The number of rotatable bonds is 24. The van der Waals surface area contributed by atoms with Gasteiger partial charge in [-0.25, -0.2) is 0 Å². The molecule has 4 aromatic rings. The number of hydrogen-bond acceptors (Lipinski definition) is 3. The Hall–Kier alpha value is -1.68. The van der Waals surface area contributed by atoms with Crippen molar-refractivity contribution < 1.29 is 0 Å². The minimum Gasteiger partial charge on any atom is -0.143 e. The predicted octanol–water partition coefficient (Wildman–Crippen LogP) is 18.2. The zero-order valence-corrected chi connectivity index (χ0v) is 36.6. The average Bonchev–Trinajstić information content (AvgIpc) is 3.90. The Balaban J connectivity index is 1.59. The standard InChI is InChI=1S/C49H72S3/c1-7-13-17-19-24-38-25-21-26-39(34-40(38)32-36(11-5)22-15-9-3)46-42-28-30-51-49(42)47(43-29-31-50-48(43)46)45-35-41(33-37(12-6)23-16-10-4)44(52-45)27-20-18-14-8-2/h28-31,34-37H,7-27,32-33H2,1-6H3. The molecule has 0 radical (unpaired) electrons. The first-order chi connectivity index (χ1) is 25.6. The third kappa shape index (κ3) is 10.8. The van der Waals surface area contributed by atoms with E-state index in [1.54, 1.807) is 32.7 Å². The van der Waals surface area contributed by atoms with Crippen LogP contribution in [-0.2, 0) is 12.8 Å². The summed E-state index contributed by atoms with van der Waals surface area (Å²) in [6, 6.07) is 7.61. The second kappa shape index (κ2) is 22.0. The summed E-state index contributed by atoms with van der Waals surface area (Å²) in [5.74, 6) is 1.61. The average molecular weight is 757 g/mol. The summed E-state index contributed by atoms with van der Waals surface area (Å²) >= 11 is 6.14. The van der Waals surface area contributed by atoms with Crippen LogP contribution in [0.3, 0.4) is 0 Å². The molecule has 0 saturated carbocycles. The van der Waals surface area contributed by atoms with Crippen LogP contribution in [0.25, 0.3) is 36.2 Å². The maximum absolute atomic E-state index is 2.75. The van der Waals surface area contributed by atoms with Crippen molar-refractivity contribution in [1.29, 1.82) is 0 Å². The van der Waals surface area contributed by atoms with Gasteiger partial charge in [-0.15, -0.1) is 34.0 Å². The van der Waals surface area contributed by atoms with Crippen LogP contribution >= 0.6 is 34.0 Å². The molecule has 286 valence electrons. The lowest BCUT2D eigenvalue weighted by molar-refractivity contribution is 0.448. The fraction of sp³-hybridized carbons (Fsp3) is 0.633. The maximum Gasteiger partial charge on any atom is 0.0442 e. The van der Waals surface area contributed by atoms with Gasteiger partial charge in [0.05, 0.1) is 0 Å². The molecule has 0 bridgehead atoms. The number of allylic oxidation sites excluding steroid dienone is 4. The van der Waals surface area contributed by atoms with Crippen molar-refractivity contribution in [2.75, 3.05) is 0 Å². The van der Waals surface area contributed by atoms with Crippen LogP contribution in [0, 0.1) is 11.8 Å². The number of hydrogen-bond donors (Lipinski definition) is 0. The Morgan fingerprint density at radius 3 is 1.85 bits per heavy atom. The van der Waals surface area contributed by atoms with Gasteiger partial charge in [0, 0.05) is 41.1 Å². The van der Waals surface area contributed by atoms with Crippen LogP contribution < -0.4 is 0 Å². The molecule has 1 aromatic carbocycles. The van der Waals surface area contributed by atoms with E-state index in [1.165, 1.54) is 178 Å². The van der Waals surface area contributed by atoms with Crippen LogP contribution in [0.15, 0.2) is 46.2 Å². The van der Waals surface area contributed by atoms with E-state index in [2.05, 4.69) is 87.9 Å². The summed E-state index contributed by atoms with van der Waals surface area (Å²) in [5.41, 5.74) is 9.90. The van der Waals surface area contributed by atoms with Crippen LogP contribution in [0.4, 0.5) is 0 Å². The van der Waals surface area contributed by atoms with E-state index in [9.17, 15) is 0 Å². The lowest BCUT2D eigenvalue weighted by Crippen LogP contribution is -2.04. The van der Waals surface area contributed by atoms with Gasteiger partial charge in [-0.2, -0.15) is 0 Å². The van der Waals surface area contributed by atoms with Crippen molar-refractivity contribution in [2.45, 2.75) is 189 Å². The SMILES string of the molecule is CCCCCCC1=C(CC(CC)CCCC)C=C(c2c3ccsc3c(-c3cc(CC(CC)CCCC)c(CCCCCC)s3)c3ccsc23)CCC1. The molecule has 0 nitrogen and oxygen atoms in total. The molecule has 3 heteroatoms. The molecule has 3 heterocycles. The van der Waals surface area contributed by atoms with Crippen LogP contribution in [0.5, 0.6) is 0 Å². The van der Waals surface area contributed by atoms with Crippen molar-refractivity contribution in [3.63, 3.8) is 0 Å². The highest BCUT2D eigenvalue weighted by atomic mass is 32.1. The lowest BCUT2D eigenvalue weighted by Gasteiger charge is -2.19. The maximum atomic E-state index is 2.75. The molecule has 2 unspecified atom stereocenters. The number of unbranched alkanes of at least 4 members (excludes halogenated alkanes) is 8. The van der Waals surface area contributed by atoms with E-state index in [4.69, 9.17) is 0 Å². The zero-order chi connectivity index (χ0) is 36.7. The number of benzene rings is 1. The third-order valence-corrected chi connectivity index (χ3v) is 15.3. The minimum atomic E-state index is 0.803. The highest BCUT2D eigenvalue weighted by Gasteiger charge is 2.24. The summed E-state index contributed by atoms with van der Waals surface area (Å²) in [5, 5.41) is 7.80. The highest BCUT2D eigenvalue weighted by Crippen LogP contribution is 2.50. The van der Waals surface area contributed by atoms with Crippen molar-refractivity contribution in [2.24, 2.45) is 11.8 Å². The Morgan fingerprint density at radius 1 is 0.615 bits per heavy atom. The van der Waals surface area contributed by atoms with Gasteiger partial charge in [-0.1, -0.05) is 143 Å². The summed E-state index contributed by atoms with van der Waals surface area (Å²) in [4.78, 5) is 3.21. The topological polar surface area (TPSA) is 0 Å². The van der Waals surface area contributed by atoms with Gasteiger partial charge < -0.3 is 0 Å². The van der Waals surface area contributed by atoms with E-state index >= 15 is 0 Å². The second-order valence-corrected chi connectivity index (χ2v) is 19.1. The van der Waals surface area contributed by atoms with E-state index in [0.29, 0.717) is 0 Å². The Morgan fingerprint density at radius 2 is 1.21 bits per heavy atom. The minimum absolute atomic E-state index is 0.803. The lowest BCUT2D eigenvalue weighted by atomic mass is 9.87. The summed E-state index contributed by atoms with van der Waals surface area (Å²) in [7, 11) is 0. The van der Waals surface area contributed by atoms with E-state index < -0.39 is 0 Å². The van der Waals surface area contributed by atoms with Gasteiger partial charge in [-0.05, 0) is 115 Å². The molecule has 52 heavy (non-hydrogen) atoms. The molecule has 0 spiro atoms. The third-order valence-electron chi connectivity index (χ3n) is 12.2. The van der Waals surface area contributed by atoms with Crippen LogP contribution in [-0.4, -0.2) is 0 Å². The monoisotopic (exact) mass is 756 g/mol. The first-order valence-corrected chi connectivity index (χ1v) is 24.6. The number of aryl methyl sites for hydroxylation is 1. The van der Waals surface area contributed by atoms with E-state index in [1.807, 2.05) is 22.7 Å². The zero-order valence-electron chi connectivity index (χ0n) is 34.1. The molecule has 0 fully saturated rings. The molecular weight excluding hydrogens is 685 g/mol. The molecule has 1 aliphatic rings. The van der Waals surface area contributed by atoms with Gasteiger partial charge in [-0.3, -0.25) is 0 Å². The van der Waals surface area contributed by atoms with Gasteiger partial charge in [0.1, 0.15) is 0 Å². The van der Waals surface area contributed by atoms with Crippen LogP contribution in [0.1, 0.15) is 192 Å². The molecule has 0 amide bonds. The van der Waals surface area contributed by atoms with E-state index in [0.717, 1.165) is 11.8 Å². The first-order valence-electron chi connectivity index (χ1n) is 22.0. The Kier molecular flexibility index (Phi) is 17.6. The quantitative estimate of drug-likeness (QED) is 0.0625. The van der Waals surface area contributed by atoms with Crippen molar-refractivity contribution in [3.8, 4) is 10.4 Å². The molecule has 3 aromatic heterocycles. The molecule has 0 N–H and O–H groups in total. The van der Waals surface area contributed by atoms with E-state index in [-0.39, 0.29) is 0 Å². The molecule has 2 atom stereocenters. The fourth-order valence-corrected chi connectivity index (χ4v) is 12.2.